The summed E-state index contributed by atoms with van der Waals surface area (Å²) in [5.41, 5.74) is 4.83. The van der Waals surface area contributed by atoms with Crippen LogP contribution in [-0.2, 0) is 17.8 Å². The van der Waals surface area contributed by atoms with Gasteiger partial charge >= 0.3 is 5.63 Å². The summed E-state index contributed by atoms with van der Waals surface area (Å²) in [7, 11) is 0. The van der Waals surface area contributed by atoms with E-state index in [9.17, 15) is 14.4 Å². The van der Waals surface area contributed by atoms with E-state index in [1.54, 1.807) is 18.4 Å². The summed E-state index contributed by atoms with van der Waals surface area (Å²) in [6.45, 7) is 7.59. The third-order valence-electron chi connectivity index (χ3n) is 7.63. The second kappa shape index (κ2) is 7.45. The van der Waals surface area contributed by atoms with Crippen LogP contribution in [0.25, 0.3) is 21.9 Å². The molecule has 1 aromatic carbocycles. The quantitative estimate of drug-likeness (QED) is 0.427. The third-order valence-corrected chi connectivity index (χ3v) is 7.63. The number of hydrogen-bond donors (Lipinski definition) is 0. The van der Waals surface area contributed by atoms with Gasteiger partial charge < -0.3 is 18.3 Å². The number of aromatic nitrogens is 1. The maximum Gasteiger partial charge on any atom is 0.340 e. The molecule has 7 heteroatoms. The maximum atomic E-state index is 13.4. The lowest BCUT2D eigenvalue weighted by Crippen LogP contribution is -2.49. The van der Waals surface area contributed by atoms with Crippen LogP contribution in [0.5, 0.6) is 0 Å². The molecule has 0 spiro atoms. The smallest absolute Gasteiger partial charge is 0.340 e. The second-order valence-electron chi connectivity index (χ2n) is 9.86. The van der Waals surface area contributed by atoms with E-state index < -0.39 is 5.63 Å². The number of nitrogens with zero attached hydrogens (tertiary/aromatic N) is 2. The highest BCUT2D eigenvalue weighted by molar-refractivity contribution is 6.07. The summed E-state index contributed by atoms with van der Waals surface area (Å²) in [6.07, 6.45) is 2.67. The Morgan fingerprint density at radius 3 is 2.71 bits per heavy atom. The first-order valence-corrected chi connectivity index (χ1v) is 11.7. The van der Waals surface area contributed by atoms with Crippen LogP contribution in [0.3, 0.4) is 0 Å². The molecule has 174 valence electrons. The van der Waals surface area contributed by atoms with Gasteiger partial charge in [-0.1, -0.05) is 6.07 Å². The van der Waals surface area contributed by atoms with Crippen molar-refractivity contribution in [1.29, 1.82) is 0 Å². The minimum Gasteiger partial charge on any atom is -0.463 e. The first-order valence-electron chi connectivity index (χ1n) is 11.7. The monoisotopic (exact) mass is 458 g/mol. The van der Waals surface area contributed by atoms with Gasteiger partial charge in [0.05, 0.1) is 23.6 Å². The summed E-state index contributed by atoms with van der Waals surface area (Å²) >= 11 is 0. The molecule has 4 aromatic rings. The number of furan rings is 1. The lowest BCUT2D eigenvalue weighted by molar-refractivity contribution is -0.133. The third kappa shape index (κ3) is 3.06. The van der Waals surface area contributed by atoms with Gasteiger partial charge in [0.15, 0.2) is 0 Å². The molecule has 1 amide bonds. The number of fused-ring (bicyclic) bond motifs is 7. The largest absolute Gasteiger partial charge is 0.463 e. The molecule has 0 unspecified atom stereocenters. The number of aryl methyl sites for hydroxylation is 3. The van der Waals surface area contributed by atoms with Gasteiger partial charge in [-0.2, -0.15) is 0 Å². The van der Waals surface area contributed by atoms with E-state index in [0.717, 1.165) is 39.6 Å². The van der Waals surface area contributed by atoms with E-state index in [1.165, 1.54) is 0 Å². The molecule has 0 aliphatic carbocycles. The van der Waals surface area contributed by atoms with Crippen molar-refractivity contribution in [3.05, 3.63) is 79.3 Å². The zero-order chi connectivity index (χ0) is 23.7. The number of amides is 1. The van der Waals surface area contributed by atoms with Gasteiger partial charge in [-0.05, 0) is 61.9 Å². The maximum absolute atomic E-state index is 13.4. The fraction of sp³-hybridized carbons (Fsp3) is 0.370. The molecule has 2 atom stereocenters. The van der Waals surface area contributed by atoms with Crippen LogP contribution >= 0.6 is 0 Å². The van der Waals surface area contributed by atoms with Crippen LogP contribution in [0, 0.1) is 26.7 Å². The number of piperidine rings is 1. The molecule has 7 nitrogen and oxygen atoms in total. The lowest BCUT2D eigenvalue weighted by Gasteiger charge is -2.42. The topological polar surface area (TPSA) is 85.7 Å². The molecule has 0 radical (unpaired) electrons. The molecule has 0 N–H and O–H groups in total. The van der Waals surface area contributed by atoms with Gasteiger partial charge in [0, 0.05) is 42.7 Å². The van der Waals surface area contributed by atoms with E-state index in [-0.39, 0.29) is 29.7 Å². The van der Waals surface area contributed by atoms with E-state index in [2.05, 4.69) is 0 Å². The minimum atomic E-state index is -0.477. The van der Waals surface area contributed by atoms with E-state index in [1.807, 2.05) is 42.4 Å². The van der Waals surface area contributed by atoms with Crippen LogP contribution < -0.4 is 11.2 Å². The van der Waals surface area contributed by atoms with Crippen molar-refractivity contribution < 1.29 is 13.6 Å². The average Bonchev–Trinajstić information content (AvgIpc) is 3.19. The van der Waals surface area contributed by atoms with Crippen molar-refractivity contribution >= 4 is 27.8 Å². The fourth-order valence-corrected chi connectivity index (χ4v) is 6.04. The Kier molecular flexibility index (Phi) is 4.59. The predicted molar refractivity (Wildman–Crippen MR) is 128 cm³/mol. The first-order chi connectivity index (χ1) is 16.3. The Labute approximate surface area is 195 Å². The molecular formula is C27H26N2O5. The SMILES string of the molecule is Cc1coc2c1c(C)cc1oc(=O)c(CC(=O)N3C[C@@H]4C[C@H](C3)c3cccc(=O)n3C4)c(C)c12. The van der Waals surface area contributed by atoms with Crippen molar-refractivity contribution in [2.75, 3.05) is 13.1 Å². The molecule has 3 aromatic heterocycles. The van der Waals surface area contributed by atoms with Gasteiger partial charge in [-0.15, -0.1) is 0 Å². The molecule has 2 aliphatic rings. The van der Waals surface area contributed by atoms with Crippen LogP contribution in [0.2, 0.25) is 0 Å². The van der Waals surface area contributed by atoms with Crippen LogP contribution in [0.4, 0.5) is 0 Å². The summed E-state index contributed by atoms with van der Waals surface area (Å²) in [6, 6.07) is 7.23. The van der Waals surface area contributed by atoms with Gasteiger partial charge in [0.25, 0.3) is 5.56 Å². The molecule has 34 heavy (non-hydrogen) atoms. The molecule has 1 saturated heterocycles. The van der Waals surface area contributed by atoms with Crippen molar-refractivity contribution in [2.24, 2.45) is 5.92 Å². The van der Waals surface area contributed by atoms with Crippen molar-refractivity contribution in [2.45, 2.75) is 46.1 Å². The lowest BCUT2D eigenvalue weighted by atomic mass is 9.83. The van der Waals surface area contributed by atoms with Gasteiger partial charge in [0.1, 0.15) is 11.2 Å². The van der Waals surface area contributed by atoms with Gasteiger partial charge in [-0.3, -0.25) is 9.59 Å². The van der Waals surface area contributed by atoms with Crippen molar-refractivity contribution in [1.82, 2.24) is 9.47 Å². The molecular weight excluding hydrogens is 432 g/mol. The van der Waals surface area contributed by atoms with E-state index in [0.29, 0.717) is 36.4 Å². The Balaban J connectivity index is 1.35. The zero-order valence-corrected chi connectivity index (χ0v) is 19.5. The highest BCUT2D eigenvalue weighted by Gasteiger charge is 2.36. The first kappa shape index (κ1) is 21.0. The Bertz CT molecular complexity index is 1610. The molecule has 6 rings (SSSR count). The molecule has 2 bridgehead atoms. The summed E-state index contributed by atoms with van der Waals surface area (Å²) in [5.74, 6) is 0.279. The molecule has 5 heterocycles. The normalized spacial score (nSPS) is 19.6. The Morgan fingerprint density at radius 1 is 1.06 bits per heavy atom. The Morgan fingerprint density at radius 2 is 1.88 bits per heavy atom. The number of carbonyl (C=O) groups excluding carboxylic acids is 1. The van der Waals surface area contributed by atoms with Crippen LogP contribution in [0.1, 0.15) is 40.3 Å². The molecule has 0 saturated carbocycles. The van der Waals surface area contributed by atoms with E-state index >= 15 is 0 Å². The summed E-state index contributed by atoms with van der Waals surface area (Å²) in [5, 5.41) is 1.76. The van der Waals surface area contributed by atoms with Gasteiger partial charge in [-0.25, -0.2) is 4.79 Å². The number of pyridine rings is 1. The number of likely N-dealkylation sites (tertiary alicyclic amines) is 1. The fourth-order valence-electron chi connectivity index (χ4n) is 6.04. The highest BCUT2D eigenvalue weighted by Crippen LogP contribution is 2.36. The average molecular weight is 459 g/mol. The Hall–Kier alpha value is -3.61. The molecule has 1 fully saturated rings. The van der Waals surface area contributed by atoms with Crippen molar-refractivity contribution in [3.8, 4) is 0 Å². The number of hydrogen-bond acceptors (Lipinski definition) is 5. The number of benzene rings is 1. The second-order valence-corrected chi connectivity index (χ2v) is 9.86. The minimum absolute atomic E-state index is 0.0137. The van der Waals surface area contributed by atoms with Crippen molar-refractivity contribution in [3.63, 3.8) is 0 Å². The highest BCUT2D eigenvalue weighted by atomic mass is 16.4. The molecule has 2 aliphatic heterocycles. The van der Waals surface area contributed by atoms with Gasteiger partial charge in [0.2, 0.25) is 5.91 Å². The number of rotatable bonds is 2. The standard InChI is InChI=1S/C27H26N2O5/c1-14-7-21-25(26-24(14)15(2)13-33-26)16(3)19(27(32)34-21)9-23(31)28-10-17-8-18(12-28)20-5-4-6-22(30)29(20)11-17/h4-7,13,17-18H,8-12H2,1-3H3/t17-,18+/m0/s1. The van der Waals surface area contributed by atoms with Crippen LogP contribution in [0.15, 0.2) is 49.0 Å². The summed E-state index contributed by atoms with van der Waals surface area (Å²) < 4.78 is 13.4. The zero-order valence-electron chi connectivity index (χ0n) is 19.5. The summed E-state index contributed by atoms with van der Waals surface area (Å²) in [4.78, 5) is 40.4. The van der Waals surface area contributed by atoms with Crippen LogP contribution in [-0.4, -0.2) is 28.5 Å². The predicted octanol–water partition coefficient (Wildman–Crippen LogP) is 3.81. The number of carbonyl (C=O) groups is 1. The van der Waals surface area contributed by atoms with E-state index in [4.69, 9.17) is 8.83 Å².